The maximum absolute atomic E-state index is 13.3. The Morgan fingerprint density at radius 3 is 2.86 bits per heavy atom. The van der Waals surface area contributed by atoms with Gasteiger partial charge in [-0.05, 0) is 60.2 Å². The zero-order chi connectivity index (χ0) is 19.5. The number of amides is 1. The monoisotopic (exact) mass is 380 g/mol. The molecule has 1 aliphatic carbocycles. The largest absolute Gasteiger partial charge is 0.385 e. The molecule has 1 aliphatic heterocycles. The van der Waals surface area contributed by atoms with Crippen LogP contribution >= 0.6 is 0 Å². The highest BCUT2D eigenvalue weighted by Gasteiger charge is 2.38. The molecule has 0 saturated heterocycles. The first kappa shape index (κ1) is 18.7. The zero-order valence-electron chi connectivity index (χ0n) is 16.0. The first-order valence-corrected chi connectivity index (χ1v) is 9.77. The molecule has 5 heteroatoms. The van der Waals surface area contributed by atoms with Gasteiger partial charge in [0.15, 0.2) is 0 Å². The number of rotatable bonds is 6. The minimum absolute atomic E-state index is 0.0573. The van der Waals surface area contributed by atoms with Crippen LogP contribution in [0.25, 0.3) is 0 Å². The molecule has 4 nitrogen and oxygen atoms in total. The minimum atomic E-state index is -0.220. The summed E-state index contributed by atoms with van der Waals surface area (Å²) in [6.45, 7) is 1.23. The molecule has 4 rings (SSSR count). The molecule has 2 aliphatic rings. The molecule has 0 bridgehead atoms. The molecule has 0 aromatic heterocycles. The maximum Gasteiger partial charge on any atom is 0.251 e. The Balaban J connectivity index is 1.56. The number of allylic oxidation sites excluding steroid dienone is 2. The summed E-state index contributed by atoms with van der Waals surface area (Å²) in [5.74, 6) is 0.339. The van der Waals surface area contributed by atoms with E-state index >= 15 is 0 Å². The summed E-state index contributed by atoms with van der Waals surface area (Å²) in [7, 11) is 1.66. The van der Waals surface area contributed by atoms with Crippen LogP contribution in [0, 0.1) is 11.7 Å². The van der Waals surface area contributed by atoms with Crippen molar-refractivity contribution in [3.05, 3.63) is 77.1 Å². The lowest BCUT2D eigenvalue weighted by molar-refractivity contribution is 0.0948. The van der Waals surface area contributed by atoms with E-state index in [1.807, 2.05) is 30.3 Å². The van der Waals surface area contributed by atoms with Gasteiger partial charge in [-0.15, -0.1) is 0 Å². The Morgan fingerprint density at radius 2 is 2.07 bits per heavy atom. The summed E-state index contributed by atoms with van der Waals surface area (Å²) in [5, 5.41) is 6.57. The number of benzene rings is 2. The topological polar surface area (TPSA) is 50.4 Å². The minimum Gasteiger partial charge on any atom is -0.385 e. The highest BCUT2D eigenvalue weighted by atomic mass is 19.1. The van der Waals surface area contributed by atoms with Crippen LogP contribution in [0.1, 0.15) is 46.3 Å². The lowest BCUT2D eigenvalue weighted by atomic mass is 9.76. The smallest absolute Gasteiger partial charge is 0.251 e. The molecule has 1 amide bonds. The molecule has 0 saturated carbocycles. The maximum atomic E-state index is 13.3. The molecule has 0 radical (unpaired) electrons. The summed E-state index contributed by atoms with van der Waals surface area (Å²) in [6.07, 6.45) is 6.20. The van der Waals surface area contributed by atoms with Gasteiger partial charge in [-0.2, -0.15) is 0 Å². The molecule has 0 spiro atoms. The van der Waals surface area contributed by atoms with Crippen LogP contribution in [-0.4, -0.2) is 26.2 Å². The summed E-state index contributed by atoms with van der Waals surface area (Å²) < 4.78 is 18.4. The highest BCUT2D eigenvalue weighted by molar-refractivity contribution is 5.95. The number of anilines is 1. The van der Waals surface area contributed by atoms with Crippen LogP contribution in [0.4, 0.5) is 10.1 Å². The SMILES string of the molecule is COCCCNC(=O)c1ccc2c(c1)C1C=CCC1C(c1ccc(F)cc1)N2. The van der Waals surface area contributed by atoms with Crippen LogP contribution < -0.4 is 10.6 Å². The van der Waals surface area contributed by atoms with Gasteiger partial charge in [0.05, 0.1) is 6.04 Å². The van der Waals surface area contributed by atoms with E-state index in [0.717, 1.165) is 29.7 Å². The predicted molar refractivity (Wildman–Crippen MR) is 108 cm³/mol. The van der Waals surface area contributed by atoms with Gasteiger partial charge in [-0.1, -0.05) is 24.3 Å². The molecule has 2 aromatic carbocycles. The Labute approximate surface area is 164 Å². The molecule has 3 atom stereocenters. The van der Waals surface area contributed by atoms with E-state index in [9.17, 15) is 9.18 Å². The number of carbonyl (C=O) groups excluding carboxylic acids is 1. The fourth-order valence-electron chi connectivity index (χ4n) is 4.26. The Bertz CT molecular complexity index is 879. The Morgan fingerprint density at radius 1 is 1.25 bits per heavy atom. The van der Waals surface area contributed by atoms with Gasteiger partial charge in [0, 0.05) is 37.4 Å². The van der Waals surface area contributed by atoms with Gasteiger partial charge in [-0.3, -0.25) is 4.79 Å². The van der Waals surface area contributed by atoms with E-state index in [-0.39, 0.29) is 23.7 Å². The van der Waals surface area contributed by atoms with E-state index < -0.39 is 0 Å². The van der Waals surface area contributed by atoms with Gasteiger partial charge in [0.2, 0.25) is 0 Å². The number of hydrogen-bond acceptors (Lipinski definition) is 3. The van der Waals surface area contributed by atoms with Crippen LogP contribution in [-0.2, 0) is 4.74 Å². The van der Waals surface area contributed by atoms with Crippen molar-refractivity contribution < 1.29 is 13.9 Å². The van der Waals surface area contributed by atoms with Crippen molar-refractivity contribution in [1.82, 2.24) is 5.32 Å². The molecule has 0 fully saturated rings. The van der Waals surface area contributed by atoms with Crippen molar-refractivity contribution >= 4 is 11.6 Å². The predicted octanol–water partition coefficient (Wildman–Crippen LogP) is 4.42. The van der Waals surface area contributed by atoms with Crippen LogP contribution in [0.3, 0.4) is 0 Å². The molecular formula is C23H25FN2O2. The zero-order valence-corrected chi connectivity index (χ0v) is 16.0. The number of fused-ring (bicyclic) bond motifs is 3. The Hall–Kier alpha value is -2.66. The van der Waals surface area contributed by atoms with Crippen molar-refractivity contribution in [3.63, 3.8) is 0 Å². The highest BCUT2D eigenvalue weighted by Crippen LogP contribution is 2.49. The Kier molecular flexibility index (Phi) is 5.44. The van der Waals surface area contributed by atoms with E-state index in [0.29, 0.717) is 24.6 Å². The first-order chi connectivity index (χ1) is 13.7. The number of hydrogen-bond donors (Lipinski definition) is 2. The third-order valence-electron chi connectivity index (χ3n) is 5.66. The second-order valence-electron chi connectivity index (χ2n) is 7.43. The number of nitrogens with one attached hydrogen (secondary N) is 2. The van der Waals surface area contributed by atoms with Gasteiger partial charge >= 0.3 is 0 Å². The van der Waals surface area contributed by atoms with E-state index in [1.165, 1.54) is 12.1 Å². The van der Waals surface area contributed by atoms with E-state index in [1.54, 1.807) is 7.11 Å². The number of halogens is 1. The quantitative estimate of drug-likeness (QED) is 0.576. The molecule has 1 heterocycles. The standard InChI is InChI=1S/C23H25FN2O2/c1-28-13-3-12-25-23(27)16-8-11-21-20(14-16)18-4-2-5-19(18)22(26-21)15-6-9-17(24)10-7-15/h2,4,6-11,14,18-19,22,26H,3,5,12-13H2,1H3,(H,25,27). The lowest BCUT2D eigenvalue weighted by Crippen LogP contribution is -2.30. The second-order valence-corrected chi connectivity index (χ2v) is 7.43. The van der Waals surface area contributed by atoms with Crippen LogP contribution in [0.2, 0.25) is 0 Å². The van der Waals surface area contributed by atoms with Gasteiger partial charge in [0.1, 0.15) is 5.82 Å². The fraction of sp³-hybridized carbons (Fsp3) is 0.348. The van der Waals surface area contributed by atoms with Gasteiger partial charge < -0.3 is 15.4 Å². The summed E-state index contributed by atoms with van der Waals surface area (Å²) >= 11 is 0. The molecular weight excluding hydrogens is 355 g/mol. The molecule has 3 unspecified atom stereocenters. The average Bonchev–Trinajstić information content (AvgIpc) is 3.21. The third-order valence-corrected chi connectivity index (χ3v) is 5.66. The fourth-order valence-corrected chi connectivity index (χ4v) is 4.26. The van der Waals surface area contributed by atoms with Crippen LogP contribution in [0.15, 0.2) is 54.6 Å². The first-order valence-electron chi connectivity index (χ1n) is 9.77. The number of methoxy groups -OCH3 is 1. The van der Waals surface area contributed by atoms with Crippen molar-refractivity contribution in [2.24, 2.45) is 5.92 Å². The van der Waals surface area contributed by atoms with Crippen molar-refractivity contribution in [3.8, 4) is 0 Å². The second kappa shape index (κ2) is 8.15. The van der Waals surface area contributed by atoms with Crippen molar-refractivity contribution in [2.75, 3.05) is 25.6 Å². The number of carbonyl (C=O) groups is 1. The van der Waals surface area contributed by atoms with E-state index in [4.69, 9.17) is 4.74 Å². The third kappa shape index (κ3) is 3.67. The van der Waals surface area contributed by atoms with E-state index in [2.05, 4.69) is 22.8 Å². The molecule has 146 valence electrons. The molecule has 28 heavy (non-hydrogen) atoms. The van der Waals surface area contributed by atoms with Crippen molar-refractivity contribution in [1.29, 1.82) is 0 Å². The van der Waals surface area contributed by atoms with Crippen molar-refractivity contribution in [2.45, 2.75) is 24.8 Å². The summed E-state index contributed by atoms with van der Waals surface area (Å²) in [6, 6.07) is 12.7. The summed E-state index contributed by atoms with van der Waals surface area (Å²) in [5.41, 5.74) is 3.96. The van der Waals surface area contributed by atoms with Crippen LogP contribution in [0.5, 0.6) is 0 Å². The van der Waals surface area contributed by atoms with Gasteiger partial charge in [0.25, 0.3) is 5.91 Å². The molecule has 2 aromatic rings. The number of ether oxygens (including phenoxy) is 1. The van der Waals surface area contributed by atoms with Gasteiger partial charge in [-0.25, -0.2) is 4.39 Å². The summed E-state index contributed by atoms with van der Waals surface area (Å²) in [4.78, 5) is 12.5. The normalized spacial score (nSPS) is 22.3. The molecule has 2 N–H and O–H groups in total. The lowest BCUT2D eigenvalue weighted by Gasteiger charge is -2.37. The average molecular weight is 380 g/mol.